The lowest BCUT2D eigenvalue weighted by Crippen LogP contribution is -2.30. The molecule has 1 amide bonds. The van der Waals surface area contributed by atoms with E-state index in [1.54, 1.807) is 42.5 Å². The molecule has 2 atom stereocenters. The van der Waals surface area contributed by atoms with Gasteiger partial charge in [0.05, 0.1) is 4.92 Å². The molecule has 0 heterocycles. The van der Waals surface area contributed by atoms with Crippen LogP contribution in [-0.4, -0.2) is 11.0 Å². The van der Waals surface area contributed by atoms with Crippen LogP contribution in [0.2, 0.25) is 0 Å². The second kappa shape index (κ2) is 9.57. The van der Waals surface area contributed by atoms with E-state index in [1.165, 1.54) is 24.3 Å². The zero-order valence-corrected chi connectivity index (χ0v) is 17.3. The molecule has 3 aromatic rings. The first-order chi connectivity index (χ1) is 14.4. The van der Waals surface area contributed by atoms with Crippen molar-refractivity contribution in [3.63, 3.8) is 0 Å². The quantitative estimate of drug-likeness (QED) is 0.300. The topological polar surface area (TPSA) is 98.5 Å². The van der Waals surface area contributed by atoms with Gasteiger partial charge in [0, 0.05) is 17.4 Å². The summed E-state index contributed by atoms with van der Waals surface area (Å²) in [7, 11) is 0. The van der Waals surface area contributed by atoms with Crippen LogP contribution in [0.25, 0.3) is 0 Å². The first-order valence-corrected chi connectivity index (χ1v) is 11.6. The number of carbonyl (C=O) groups excluding carboxylic acids is 1. The predicted molar refractivity (Wildman–Crippen MR) is 115 cm³/mol. The molecule has 0 aliphatic carbocycles. The van der Waals surface area contributed by atoms with Gasteiger partial charge in [0.2, 0.25) is 6.49 Å². The van der Waals surface area contributed by atoms with Crippen molar-refractivity contribution in [1.29, 1.82) is 0 Å². The van der Waals surface area contributed by atoms with Gasteiger partial charge < -0.3 is 10.1 Å². The molecule has 0 saturated heterocycles. The lowest BCUT2D eigenvalue weighted by molar-refractivity contribution is -0.384. The highest BCUT2D eigenvalue weighted by molar-refractivity contribution is 7.95. The van der Waals surface area contributed by atoms with Crippen molar-refractivity contribution in [2.75, 3.05) is 0 Å². The van der Waals surface area contributed by atoms with E-state index in [2.05, 4.69) is 5.32 Å². The number of hydrogen-bond acceptors (Lipinski definition) is 5. The van der Waals surface area contributed by atoms with Gasteiger partial charge in [-0.05, 0) is 34.5 Å². The molecule has 3 aromatic carbocycles. The molecule has 9 heteroatoms. The Morgan fingerprint density at radius 3 is 2.13 bits per heavy atom. The lowest BCUT2D eigenvalue weighted by atomic mass is 10.2. The molecule has 0 aliphatic heterocycles. The maximum Gasteiger partial charge on any atom is 0.408 e. The Hall–Kier alpha value is -3.15. The highest BCUT2D eigenvalue weighted by Crippen LogP contribution is 2.61. The third kappa shape index (κ3) is 5.26. The largest absolute Gasteiger partial charge is 0.445 e. The molecule has 1 N–H and O–H groups in total. The number of benzene rings is 3. The Bertz CT molecular complexity index is 1060. The minimum Gasteiger partial charge on any atom is -0.445 e. The van der Waals surface area contributed by atoms with Gasteiger partial charge in [-0.1, -0.05) is 60.7 Å². The van der Waals surface area contributed by atoms with Gasteiger partial charge in [-0.25, -0.2) is 4.79 Å². The fraction of sp³-hybridized carbons (Fsp3) is 0.0952. The number of non-ortho nitro benzene ring substituents is 1. The second-order valence-corrected chi connectivity index (χ2v) is 10.1. The number of nitro benzene ring substituents is 1. The van der Waals surface area contributed by atoms with Crippen molar-refractivity contribution in [3.05, 3.63) is 106 Å². The fourth-order valence-corrected chi connectivity index (χ4v) is 5.32. The highest BCUT2D eigenvalue weighted by Gasteiger charge is 2.36. The van der Waals surface area contributed by atoms with E-state index in [9.17, 15) is 19.5 Å². The number of nitro groups is 1. The molecule has 2 unspecified atom stereocenters. The smallest absolute Gasteiger partial charge is 0.408 e. The molecule has 30 heavy (non-hydrogen) atoms. The molecule has 0 aromatic heterocycles. The zero-order chi connectivity index (χ0) is 21.6. The fourth-order valence-electron chi connectivity index (χ4n) is 2.79. The predicted octanol–water partition coefficient (Wildman–Crippen LogP) is 5.36. The van der Waals surface area contributed by atoms with Crippen LogP contribution in [0.5, 0.6) is 0 Å². The SMILES string of the molecule is O=C(NC(c1ccc([N+](=O)[O-])cc1)P(=O)(Cl)c1ccccc1)OCc1ccccc1. The van der Waals surface area contributed by atoms with Crippen molar-refractivity contribution in [2.24, 2.45) is 0 Å². The number of carbonyl (C=O) groups is 1. The molecule has 0 fully saturated rings. The summed E-state index contributed by atoms with van der Waals surface area (Å²) in [5.74, 6) is -1.13. The number of hydrogen-bond donors (Lipinski definition) is 1. The molecular weight excluding hydrogens is 427 g/mol. The summed E-state index contributed by atoms with van der Waals surface area (Å²) >= 11 is 6.48. The number of ether oxygens (including phenoxy) is 1. The van der Waals surface area contributed by atoms with Gasteiger partial charge in [-0.15, -0.1) is 0 Å². The second-order valence-electron chi connectivity index (χ2n) is 6.37. The average molecular weight is 445 g/mol. The molecule has 0 radical (unpaired) electrons. The summed E-state index contributed by atoms with van der Waals surface area (Å²) in [5.41, 5.74) is 1.02. The van der Waals surface area contributed by atoms with E-state index in [0.29, 0.717) is 10.9 Å². The Kier molecular flexibility index (Phi) is 6.87. The number of halogens is 1. The Balaban J connectivity index is 1.86. The summed E-state index contributed by atoms with van der Waals surface area (Å²) < 4.78 is 18.7. The van der Waals surface area contributed by atoms with Gasteiger partial charge >= 0.3 is 6.09 Å². The lowest BCUT2D eigenvalue weighted by Gasteiger charge is -2.24. The van der Waals surface area contributed by atoms with Crippen LogP contribution in [0.3, 0.4) is 0 Å². The maximum absolute atomic E-state index is 13.5. The van der Waals surface area contributed by atoms with Crippen LogP contribution in [0.1, 0.15) is 16.9 Å². The first kappa shape index (κ1) is 21.6. The van der Waals surface area contributed by atoms with Crippen LogP contribution in [0, 0.1) is 10.1 Å². The van der Waals surface area contributed by atoms with Crippen molar-refractivity contribution in [1.82, 2.24) is 5.32 Å². The van der Waals surface area contributed by atoms with E-state index in [4.69, 9.17) is 16.0 Å². The minimum absolute atomic E-state index is 0.0254. The van der Waals surface area contributed by atoms with E-state index in [0.717, 1.165) is 5.56 Å². The number of nitrogens with zero attached hydrogens (tertiary/aromatic N) is 1. The van der Waals surface area contributed by atoms with E-state index in [-0.39, 0.29) is 12.3 Å². The van der Waals surface area contributed by atoms with Crippen LogP contribution >= 0.6 is 17.7 Å². The number of amides is 1. The molecule has 0 bridgehead atoms. The van der Waals surface area contributed by atoms with Gasteiger partial charge in [-0.2, -0.15) is 0 Å². The Labute approximate surface area is 178 Å². The molecule has 0 aliphatic rings. The molecule has 3 rings (SSSR count). The van der Waals surface area contributed by atoms with E-state index < -0.39 is 23.3 Å². The summed E-state index contributed by atoms with van der Waals surface area (Å²) in [6.07, 6.45) is -0.806. The van der Waals surface area contributed by atoms with Gasteiger partial charge in [0.15, 0.2) is 0 Å². The third-order valence-electron chi connectivity index (χ3n) is 4.33. The number of alkyl carbamates (subject to hydrolysis) is 1. The summed E-state index contributed by atoms with van der Waals surface area (Å²) in [4.78, 5) is 22.8. The van der Waals surface area contributed by atoms with Crippen molar-refractivity contribution >= 4 is 34.8 Å². The zero-order valence-electron chi connectivity index (χ0n) is 15.7. The molecule has 0 spiro atoms. The van der Waals surface area contributed by atoms with Crippen molar-refractivity contribution < 1.29 is 19.0 Å². The minimum atomic E-state index is -3.67. The monoisotopic (exact) mass is 444 g/mol. The van der Waals surface area contributed by atoms with E-state index in [1.807, 2.05) is 18.2 Å². The molecular formula is C21H18ClN2O5P. The first-order valence-electron chi connectivity index (χ1n) is 8.94. The third-order valence-corrected chi connectivity index (χ3v) is 7.59. The van der Waals surface area contributed by atoms with Gasteiger partial charge in [0.1, 0.15) is 12.4 Å². The van der Waals surface area contributed by atoms with Crippen LogP contribution in [0.15, 0.2) is 84.9 Å². The number of rotatable bonds is 7. The molecule has 0 saturated carbocycles. The highest BCUT2D eigenvalue weighted by atomic mass is 35.7. The molecule has 7 nitrogen and oxygen atoms in total. The van der Waals surface area contributed by atoms with Crippen molar-refractivity contribution in [3.8, 4) is 0 Å². The van der Waals surface area contributed by atoms with Gasteiger partial charge in [0.25, 0.3) is 5.69 Å². The summed E-state index contributed by atoms with van der Waals surface area (Å²) in [6.45, 7) is -3.65. The maximum atomic E-state index is 13.5. The molecule has 154 valence electrons. The number of nitrogens with one attached hydrogen (secondary N) is 1. The van der Waals surface area contributed by atoms with Crippen LogP contribution in [0.4, 0.5) is 10.5 Å². The average Bonchev–Trinajstić information content (AvgIpc) is 2.77. The summed E-state index contributed by atoms with van der Waals surface area (Å²) in [5, 5.41) is 13.8. The Morgan fingerprint density at radius 2 is 1.57 bits per heavy atom. The van der Waals surface area contributed by atoms with Crippen molar-refractivity contribution in [2.45, 2.75) is 12.4 Å². The van der Waals surface area contributed by atoms with Gasteiger partial charge in [-0.3, -0.25) is 14.7 Å². The van der Waals surface area contributed by atoms with Crippen LogP contribution in [-0.2, 0) is 15.9 Å². The Morgan fingerprint density at radius 1 is 1.00 bits per heavy atom. The summed E-state index contributed by atoms with van der Waals surface area (Å²) in [6, 6.07) is 22.8. The van der Waals surface area contributed by atoms with Crippen LogP contribution < -0.4 is 10.6 Å². The standard InChI is InChI=1S/C21H18ClN2O5P/c22-30(28,19-9-5-2-6-10-19)20(17-11-13-18(14-12-17)24(26)27)23-21(25)29-15-16-7-3-1-4-8-16/h1-14,20H,15H2,(H,23,25). The normalized spacial score (nSPS) is 13.6. The van der Waals surface area contributed by atoms with E-state index >= 15 is 0 Å².